The normalized spacial score (nSPS) is 11.6. The Hall–Kier alpha value is -2.84. The quantitative estimate of drug-likeness (QED) is 0.243. The van der Waals surface area contributed by atoms with Gasteiger partial charge in [-0.25, -0.2) is 9.37 Å². The van der Waals surface area contributed by atoms with Gasteiger partial charge in [0.1, 0.15) is 24.0 Å². The summed E-state index contributed by atoms with van der Waals surface area (Å²) in [6.45, 7) is 3.99. The van der Waals surface area contributed by atoms with Crippen LogP contribution in [0.3, 0.4) is 0 Å². The van der Waals surface area contributed by atoms with Gasteiger partial charge in [0.15, 0.2) is 0 Å². The molecule has 4 aromatic rings. The molecule has 0 radical (unpaired) electrons. The largest absolute Gasteiger partial charge is 0.488 e. The van der Waals surface area contributed by atoms with Crippen LogP contribution >= 0.6 is 31.9 Å². The Kier molecular flexibility index (Phi) is 7.05. The molecule has 0 spiro atoms. The predicted molar refractivity (Wildman–Crippen MR) is 136 cm³/mol. The van der Waals surface area contributed by atoms with Crippen LogP contribution in [-0.4, -0.2) is 15.9 Å². The SMILES string of the molecule is CC(C)c1nc2ccc(Br)cc2c(=O)n1N=Cc1cc(Br)ccc1OCc1ccccc1F. The molecule has 0 unspecified atom stereocenters. The molecular formula is C25H20Br2FN3O2. The summed E-state index contributed by atoms with van der Waals surface area (Å²) in [6, 6.07) is 17.3. The summed E-state index contributed by atoms with van der Waals surface area (Å²) in [5.41, 5.74) is 1.45. The molecule has 4 rings (SSSR count). The summed E-state index contributed by atoms with van der Waals surface area (Å²) in [5, 5.41) is 4.95. The van der Waals surface area contributed by atoms with E-state index in [0.29, 0.717) is 33.6 Å². The average molecular weight is 573 g/mol. The van der Waals surface area contributed by atoms with Crippen LogP contribution in [0.2, 0.25) is 0 Å². The van der Waals surface area contributed by atoms with E-state index >= 15 is 0 Å². The first-order valence-electron chi connectivity index (χ1n) is 10.3. The first-order chi connectivity index (χ1) is 15.8. The minimum absolute atomic E-state index is 0.0258. The maximum absolute atomic E-state index is 14.0. The number of benzene rings is 3. The van der Waals surface area contributed by atoms with Gasteiger partial charge in [-0.15, -0.1) is 0 Å². The van der Waals surface area contributed by atoms with Gasteiger partial charge in [0.05, 0.1) is 17.1 Å². The molecule has 0 atom stereocenters. The zero-order valence-corrected chi connectivity index (χ0v) is 21.1. The highest BCUT2D eigenvalue weighted by Crippen LogP contribution is 2.24. The number of nitrogens with zero attached hydrogens (tertiary/aromatic N) is 3. The maximum atomic E-state index is 14.0. The summed E-state index contributed by atoms with van der Waals surface area (Å²) in [5.74, 6) is 0.712. The van der Waals surface area contributed by atoms with Crippen LogP contribution in [-0.2, 0) is 6.61 Å². The lowest BCUT2D eigenvalue weighted by Gasteiger charge is -2.13. The van der Waals surface area contributed by atoms with Gasteiger partial charge in [-0.05, 0) is 42.5 Å². The van der Waals surface area contributed by atoms with Crippen molar-refractivity contribution in [2.75, 3.05) is 0 Å². The minimum Gasteiger partial charge on any atom is -0.488 e. The summed E-state index contributed by atoms with van der Waals surface area (Å²) in [7, 11) is 0. The van der Waals surface area contributed by atoms with E-state index in [2.05, 4.69) is 41.9 Å². The zero-order chi connectivity index (χ0) is 23.5. The van der Waals surface area contributed by atoms with Gasteiger partial charge >= 0.3 is 0 Å². The first-order valence-corrected chi connectivity index (χ1v) is 11.8. The summed E-state index contributed by atoms with van der Waals surface area (Å²) in [6.07, 6.45) is 1.56. The Morgan fingerprint density at radius 2 is 1.82 bits per heavy atom. The van der Waals surface area contributed by atoms with Crippen molar-refractivity contribution in [3.63, 3.8) is 0 Å². The molecule has 0 N–H and O–H groups in total. The van der Waals surface area contributed by atoms with Gasteiger partial charge in [0.2, 0.25) is 0 Å². The second kappa shape index (κ2) is 9.97. The lowest BCUT2D eigenvalue weighted by Crippen LogP contribution is -2.23. The highest BCUT2D eigenvalue weighted by Gasteiger charge is 2.14. The van der Waals surface area contributed by atoms with Crippen LogP contribution < -0.4 is 10.3 Å². The van der Waals surface area contributed by atoms with Gasteiger partial charge in [0.25, 0.3) is 5.56 Å². The Bertz CT molecular complexity index is 1420. The number of ether oxygens (including phenoxy) is 1. The third-order valence-electron chi connectivity index (χ3n) is 4.97. The lowest BCUT2D eigenvalue weighted by atomic mass is 10.2. The van der Waals surface area contributed by atoms with Crippen LogP contribution in [0.25, 0.3) is 10.9 Å². The molecule has 0 amide bonds. The first kappa shape index (κ1) is 23.3. The van der Waals surface area contributed by atoms with Crippen molar-refractivity contribution in [3.8, 4) is 5.75 Å². The monoisotopic (exact) mass is 571 g/mol. The number of hydrogen-bond donors (Lipinski definition) is 0. The molecule has 0 aliphatic carbocycles. The molecule has 1 aromatic heterocycles. The number of rotatable bonds is 6. The fourth-order valence-electron chi connectivity index (χ4n) is 3.29. The van der Waals surface area contributed by atoms with Crippen molar-refractivity contribution in [1.29, 1.82) is 0 Å². The molecule has 0 fully saturated rings. The Labute approximate surface area is 207 Å². The van der Waals surface area contributed by atoms with E-state index in [9.17, 15) is 9.18 Å². The summed E-state index contributed by atoms with van der Waals surface area (Å²) < 4.78 is 22.8. The van der Waals surface area contributed by atoms with Crippen LogP contribution in [0.15, 0.2) is 79.5 Å². The van der Waals surface area contributed by atoms with E-state index in [-0.39, 0.29) is 23.9 Å². The zero-order valence-electron chi connectivity index (χ0n) is 17.9. The van der Waals surface area contributed by atoms with Gasteiger partial charge in [-0.2, -0.15) is 9.78 Å². The van der Waals surface area contributed by atoms with Crippen molar-refractivity contribution in [1.82, 2.24) is 9.66 Å². The van der Waals surface area contributed by atoms with Crippen molar-refractivity contribution in [2.45, 2.75) is 26.4 Å². The Balaban J connectivity index is 1.74. The second-order valence-electron chi connectivity index (χ2n) is 7.71. The molecule has 3 aromatic carbocycles. The smallest absolute Gasteiger partial charge is 0.282 e. The highest BCUT2D eigenvalue weighted by molar-refractivity contribution is 9.10. The fourth-order valence-corrected chi connectivity index (χ4v) is 4.03. The molecule has 0 saturated heterocycles. The number of hydrogen-bond acceptors (Lipinski definition) is 4. The lowest BCUT2D eigenvalue weighted by molar-refractivity contribution is 0.299. The standard InChI is InChI=1S/C25H20Br2FN3O2/c1-15(2)24-30-22-9-7-19(27)12-20(22)25(32)31(24)29-13-17-11-18(26)8-10-23(17)33-14-16-5-3-4-6-21(16)28/h3-13,15H,14H2,1-2H3. The third-order valence-corrected chi connectivity index (χ3v) is 5.96. The number of fused-ring (bicyclic) bond motifs is 1. The Morgan fingerprint density at radius 1 is 1.09 bits per heavy atom. The van der Waals surface area contributed by atoms with E-state index in [0.717, 1.165) is 8.95 Å². The van der Waals surface area contributed by atoms with Crippen molar-refractivity contribution in [3.05, 3.63) is 103 Å². The fraction of sp³-hybridized carbons (Fsp3) is 0.160. The van der Waals surface area contributed by atoms with Crippen molar-refractivity contribution < 1.29 is 9.13 Å². The van der Waals surface area contributed by atoms with Gasteiger partial charge in [0, 0.05) is 26.0 Å². The third kappa shape index (κ3) is 5.23. The number of aromatic nitrogens is 2. The molecule has 0 aliphatic rings. The highest BCUT2D eigenvalue weighted by atomic mass is 79.9. The average Bonchev–Trinajstić information content (AvgIpc) is 2.79. The van der Waals surface area contributed by atoms with Crippen molar-refractivity contribution in [2.24, 2.45) is 5.10 Å². The molecule has 8 heteroatoms. The predicted octanol–water partition coefficient (Wildman–Crippen LogP) is 6.65. The molecule has 5 nitrogen and oxygen atoms in total. The molecule has 0 saturated carbocycles. The summed E-state index contributed by atoms with van der Waals surface area (Å²) >= 11 is 6.87. The van der Waals surface area contributed by atoms with Gasteiger partial charge in [-0.1, -0.05) is 63.9 Å². The molecule has 0 bridgehead atoms. The van der Waals surface area contributed by atoms with E-state index in [1.165, 1.54) is 10.7 Å². The second-order valence-corrected chi connectivity index (χ2v) is 9.54. The van der Waals surface area contributed by atoms with Gasteiger partial charge in [-0.3, -0.25) is 4.79 Å². The van der Waals surface area contributed by atoms with E-state index in [4.69, 9.17) is 4.74 Å². The maximum Gasteiger partial charge on any atom is 0.282 e. The molecular weight excluding hydrogens is 553 g/mol. The van der Waals surface area contributed by atoms with Crippen LogP contribution in [0.4, 0.5) is 4.39 Å². The molecule has 1 heterocycles. The van der Waals surface area contributed by atoms with Crippen LogP contribution in [0, 0.1) is 5.82 Å². The topological polar surface area (TPSA) is 56.5 Å². The van der Waals surface area contributed by atoms with Crippen LogP contribution in [0.1, 0.15) is 36.7 Å². The van der Waals surface area contributed by atoms with E-state index in [1.807, 2.05) is 38.1 Å². The molecule has 0 aliphatic heterocycles. The minimum atomic E-state index is -0.327. The van der Waals surface area contributed by atoms with Crippen molar-refractivity contribution >= 4 is 49.0 Å². The van der Waals surface area contributed by atoms with E-state index < -0.39 is 0 Å². The summed E-state index contributed by atoms with van der Waals surface area (Å²) in [4.78, 5) is 17.9. The molecule has 168 valence electrons. The van der Waals surface area contributed by atoms with E-state index in [1.54, 1.807) is 36.5 Å². The van der Waals surface area contributed by atoms with Gasteiger partial charge < -0.3 is 4.74 Å². The Morgan fingerprint density at radius 3 is 2.58 bits per heavy atom. The molecule has 33 heavy (non-hydrogen) atoms. The number of halogens is 3. The van der Waals surface area contributed by atoms with Crippen LogP contribution in [0.5, 0.6) is 5.75 Å².